The van der Waals surface area contributed by atoms with Crippen molar-refractivity contribution >= 4 is 11.8 Å². The van der Waals surface area contributed by atoms with E-state index in [2.05, 4.69) is 10.6 Å². The molecule has 0 fully saturated rings. The molecule has 1 aromatic carbocycles. The zero-order valence-electron chi connectivity index (χ0n) is 11.9. The van der Waals surface area contributed by atoms with E-state index < -0.39 is 6.04 Å². The summed E-state index contributed by atoms with van der Waals surface area (Å²) in [7, 11) is 0. The van der Waals surface area contributed by atoms with Crippen molar-refractivity contribution < 1.29 is 9.59 Å². The summed E-state index contributed by atoms with van der Waals surface area (Å²) in [6.07, 6.45) is 2.25. The lowest BCUT2D eigenvalue weighted by Gasteiger charge is -2.11. The third-order valence-electron chi connectivity index (χ3n) is 2.94. The van der Waals surface area contributed by atoms with E-state index in [0.29, 0.717) is 13.0 Å². The topological polar surface area (TPSA) is 84.2 Å². The molecule has 0 aliphatic heterocycles. The Balaban J connectivity index is 2.16. The van der Waals surface area contributed by atoms with E-state index in [4.69, 9.17) is 5.73 Å². The third kappa shape index (κ3) is 6.33. The van der Waals surface area contributed by atoms with Crippen LogP contribution in [0.5, 0.6) is 0 Å². The molecule has 0 aliphatic rings. The Bertz CT molecular complexity index is 420. The summed E-state index contributed by atoms with van der Waals surface area (Å²) in [5.41, 5.74) is 6.81. The Hall–Kier alpha value is -1.88. The molecule has 1 rings (SSSR count). The van der Waals surface area contributed by atoms with E-state index in [-0.39, 0.29) is 18.4 Å². The molecule has 5 nitrogen and oxygen atoms in total. The molecule has 0 saturated heterocycles. The molecule has 110 valence electrons. The number of nitrogens with one attached hydrogen (secondary N) is 2. The third-order valence-corrected chi connectivity index (χ3v) is 2.94. The Morgan fingerprint density at radius 1 is 1.20 bits per heavy atom. The van der Waals surface area contributed by atoms with Crippen molar-refractivity contribution in [2.24, 2.45) is 5.73 Å². The van der Waals surface area contributed by atoms with Crippen LogP contribution < -0.4 is 16.4 Å². The molecule has 0 aliphatic carbocycles. The van der Waals surface area contributed by atoms with Crippen LogP contribution >= 0.6 is 0 Å². The fourth-order valence-corrected chi connectivity index (χ4v) is 1.79. The van der Waals surface area contributed by atoms with Crippen LogP contribution in [0.25, 0.3) is 0 Å². The van der Waals surface area contributed by atoms with Gasteiger partial charge in [0.25, 0.3) is 0 Å². The number of hydrogen-bond acceptors (Lipinski definition) is 3. The Kier molecular flexibility index (Phi) is 7.35. The average Bonchev–Trinajstić information content (AvgIpc) is 2.46. The van der Waals surface area contributed by atoms with Crippen molar-refractivity contribution in [1.29, 1.82) is 0 Å². The second kappa shape index (κ2) is 9.09. The zero-order valence-corrected chi connectivity index (χ0v) is 11.9. The summed E-state index contributed by atoms with van der Waals surface area (Å²) >= 11 is 0. The maximum absolute atomic E-state index is 11.6. The smallest absolute Gasteiger partial charge is 0.239 e. The second-order valence-corrected chi connectivity index (χ2v) is 4.70. The van der Waals surface area contributed by atoms with Crippen LogP contribution in [0.3, 0.4) is 0 Å². The molecule has 0 aromatic heterocycles. The van der Waals surface area contributed by atoms with Gasteiger partial charge in [0.15, 0.2) is 0 Å². The number of carbonyl (C=O) groups excluding carboxylic acids is 2. The van der Waals surface area contributed by atoms with Crippen LogP contribution in [0, 0.1) is 0 Å². The van der Waals surface area contributed by atoms with Crippen LogP contribution in [0.4, 0.5) is 0 Å². The summed E-state index contributed by atoms with van der Waals surface area (Å²) in [6, 6.07) is 9.38. The van der Waals surface area contributed by atoms with Crippen molar-refractivity contribution in [1.82, 2.24) is 10.6 Å². The van der Waals surface area contributed by atoms with E-state index in [9.17, 15) is 9.59 Å². The first kappa shape index (κ1) is 16.2. The lowest BCUT2D eigenvalue weighted by molar-refractivity contribution is -0.126. The van der Waals surface area contributed by atoms with Crippen LogP contribution in [0.1, 0.15) is 25.3 Å². The lowest BCUT2D eigenvalue weighted by atomic mass is 10.1. The quantitative estimate of drug-likeness (QED) is 0.650. The monoisotopic (exact) mass is 277 g/mol. The van der Waals surface area contributed by atoms with Crippen molar-refractivity contribution in [3.05, 3.63) is 35.9 Å². The Morgan fingerprint density at radius 3 is 2.55 bits per heavy atom. The molecule has 1 unspecified atom stereocenters. The van der Waals surface area contributed by atoms with Gasteiger partial charge in [0.2, 0.25) is 11.8 Å². The molecule has 1 aromatic rings. The summed E-state index contributed by atoms with van der Waals surface area (Å²) in [5, 5.41) is 5.30. The fourth-order valence-electron chi connectivity index (χ4n) is 1.79. The number of amides is 2. The van der Waals surface area contributed by atoms with Gasteiger partial charge in [-0.15, -0.1) is 0 Å². The predicted octanol–water partition coefficient (Wildman–Crippen LogP) is 0.589. The molecular weight excluding hydrogens is 254 g/mol. The van der Waals surface area contributed by atoms with E-state index in [0.717, 1.165) is 12.8 Å². The van der Waals surface area contributed by atoms with Gasteiger partial charge < -0.3 is 16.4 Å². The maximum Gasteiger partial charge on any atom is 0.239 e. The Morgan fingerprint density at radius 2 is 1.90 bits per heavy atom. The minimum absolute atomic E-state index is 0.0228. The number of hydrogen-bond donors (Lipinski definition) is 3. The van der Waals surface area contributed by atoms with Gasteiger partial charge in [0, 0.05) is 6.54 Å². The summed E-state index contributed by atoms with van der Waals surface area (Å²) < 4.78 is 0. The first-order chi connectivity index (χ1) is 9.63. The highest BCUT2D eigenvalue weighted by Gasteiger charge is 2.12. The minimum atomic E-state index is -0.530. The normalized spacial score (nSPS) is 11.7. The van der Waals surface area contributed by atoms with Crippen LogP contribution in [-0.4, -0.2) is 30.9 Å². The Labute approximate surface area is 119 Å². The first-order valence-corrected chi connectivity index (χ1v) is 6.97. The zero-order chi connectivity index (χ0) is 14.8. The average molecular weight is 277 g/mol. The number of nitrogens with two attached hydrogens (primary N) is 1. The maximum atomic E-state index is 11.6. The molecule has 5 heteroatoms. The molecule has 4 N–H and O–H groups in total. The standard InChI is InChI=1S/C15H23N3O2/c1-2-6-13(16)15(20)18-11-14(19)17-10-9-12-7-4-3-5-8-12/h3-5,7-8,13H,2,6,9-11,16H2,1H3,(H,17,19)(H,18,20). The highest BCUT2D eigenvalue weighted by Crippen LogP contribution is 1.98. The van der Waals surface area contributed by atoms with E-state index in [1.165, 1.54) is 5.56 Å². The van der Waals surface area contributed by atoms with Gasteiger partial charge in [0.05, 0.1) is 12.6 Å². The molecule has 0 radical (unpaired) electrons. The van der Waals surface area contributed by atoms with Gasteiger partial charge >= 0.3 is 0 Å². The van der Waals surface area contributed by atoms with Gasteiger partial charge in [-0.25, -0.2) is 0 Å². The van der Waals surface area contributed by atoms with Crippen LogP contribution in [0.2, 0.25) is 0 Å². The summed E-state index contributed by atoms with van der Waals surface area (Å²) in [5.74, 6) is -0.469. The minimum Gasteiger partial charge on any atom is -0.354 e. The molecule has 0 saturated carbocycles. The van der Waals surface area contributed by atoms with E-state index in [1.807, 2.05) is 37.3 Å². The molecular formula is C15H23N3O2. The first-order valence-electron chi connectivity index (χ1n) is 6.97. The highest BCUT2D eigenvalue weighted by molar-refractivity contribution is 5.87. The molecule has 20 heavy (non-hydrogen) atoms. The van der Waals surface area contributed by atoms with Gasteiger partial charge in [0.1, 0.15) is 0 Å². The number of carbonyl (C=O) groups is 2. The highest BCUT2D eigenvalue weighted by atomic mass is 16.2. The van der Waals surface area contributed by atoms with Gasteiger partial charge in [-0.1, -0.05) is 43.7 Å². The van der Waals surface area contributed by atoms with Crippen LogP contribution in [0.15, 0.2) is 30.3 Å². The second-order valence-electron chi connectivity index (χ2n) is 4.70. The fraction of sp³-hybridized carbons (Fsp3) is 0.467. The lowest BCUT2D eigenvalue weighted by Crippen LogP contribution is -2.45. The molecule has 0 heterocycles. The molecule has 1 atom stereocenters. The summed E-state index contributed by atoms with van der Waals surface area (Å²) in [6.45, 7) is 2.49. The van der Waals surface area contributed by atoms with Crippen LogP contribution in [-0.2, 0) is 16.0 Å². The number of benzene rings is 1. The van der Waals surface area contributed by atoms with Crippen molar-refractivity contribution in [2.45, 2.75) is 32.2 Å². The molecule has 2 amide bonds. The van der Waals surface area contributed by atoms with Crippen molar-refractivity contribution in [2.75, 3.05) is 13.1 Å². The van der Waals surface area contributed by atoms with Crippen molar-refractivity contribution in [3.63, 3.8) is 0 Å². The SMILES string of the molecule is CCCC(N)C(=O)NCC(=O)NCCc1ccccc1. The van der Waals surface area contributed by atoms with E-state index >= 15 is 0 Å². The summed E-state index contributed by atoms with van der Waals surface area (Å²) in [4.78, 5) is 23.1. The van der Waals surface area contributed by atoms with E-state index in [1.54, 1.807) is 0 Å². The molecule has 0 bridgehead atoms. The van der Waals surface area contributed by atoms with Gasteiger partial charge in [-0.2, -0.15) is 0 Å². The largest absolute Gasteiger partial charge is 0.354 e. The van der Waals surface area contributed by atoms with Gasteiger partial charge in [-0.3, -0.25) is 9.59 Å². The van der Waals surface area contributed by atoms with Gasteiger partial charge in [-0.05, 0) is 18.4 Å². The predicted molar refractivity (Wildman–Crippen MR) is 79.0 cm³/mol. The molecule has 0 spiro atoms. The van der Waals surface area contributed by atoms with Crippen molar-refractivity contribution in [3.8, 4) is 0 Å². The number of rotatable bonds is 8.